The normalized spacial score (nSPS) is 15.6. The second-order valence-corrected chi connectivity index (χ2v) is 5.84. The van der Waals surface area contributed by atoms with Crippen molar-refractivity contribution in [3.05, 3.63) is 9.81 Å². The van der Waals surface area contributed by atoms with Gasteiger partial charge >= 0.3 is 5.97 Å². The summed E-state index contributed by atoms with van der Waals surface area (Å²) in [6, 6.07) is 0. The molecule has 0 aromatic carbocycles. The van der Waals surface area contributed by atoms with Crippen LogP contribution in [0.5, 0.6) is 0 Å². The van der Waals surface area contributed by atoms with Gasteiger partial charge in [-0.25, -0.2) is 4.79 Å². The van der Waals surface area contributed by atoms with Crippen molar-refractivity contribution in [3.8, 4) is 0 Å². The summed E-state index contributed by atoms with van der Waals surface area (Å²) in [5.41, 5.74) is 0.219. The number of ketones is 1. The summed E-state index contributed by atoms with van der Waals surface area (Å²) < 4.78 is 5.85. The third-order valence-corrected chi connectivity index (χ3v) is 4.37. The van der Waals surface area contributed by atoms with Crippen LogP contribution in [0, 0.1) is 0 Å². The zero-order chi connectivity index (χ0) is 11.4. The summed E-state index contributed by atoms with van der Waals surface area (Å²) in [5.74, 6) is 1.20. The van der Waals surface area contributed by atoms with Gasteiger partial charge in [0, 0.05) is 11.5 Å². The smallest absolute Gasteiger partial charge is 0.343 e. The van der Waals surface area contributed by atoms with Crippen molar-refractivity contribution < 1.29 is 14.3 Å². The maximum atomic E-state index is 11.7. The van der Waals surface area contributed by atoms with E-state index in [2.05, 4.69) is 0 Å². The molecule has 0 N–H and O–H groups in total. The third-order valence-electron chi connectivity index (χ3n) is 1.65. The molecule has 0 saturated carbocycles. The van der Waals surface area contributed by atoms with Crippen LogP contribution in [0.1, 0.15) is 20.8 Å². The van der Waals surface area contributed by atoms with Gasteiger partial charge in [-0.15, -0.1) is 23.5 Å². The summed E-state index contributed by atoms with van der Waals surface area (Å²) in [6.07, 6.45) is -0.191. The maximum Gasteiger partial charge on any atom is 0.343 e. The minimum Gasteiger partial charge on any atom is -0.459 e. The van der Waals surface area contributed by atoms with Crippen LogP contribution >= 0.6 is 23.5 Å². The first-order valence-corrected chi connectivity index (χ1v) is 6.71. The van der Waals surface area contributed by atoms with Crippen LogP contribution in [0.25, 0.3) is 0 Å². The first-order valence-electron chi connectivity index (χ1n) is 4.74. The molecule has 1 aliphatic rings. The highest BCUT2D eigenvalue weighted by atomic mass is 32.2. The average molecular weight is 246 g/mol. The number of carbonyl (C=O) groups excluding carboxylic acids is 2. The Balaban J connectivity index is 2.87. The number of hydrogen-bond donors (Lipinski definition) is 0. The molecule has 1 heterocycles. The van der Waals surface area contributed by atoms with Crippen LogP contribution in [-0.2, 0) is 14.3 Å². The predicted molar refractivity (Wildman–Crippen MR) is 63.9 cm³/mol. The van der Waals surface area contributed by atoms with E-state index in [1.54, 1.807) is 37.4 Å². The summed E-state index contributed by atoms with van der Waals surface area (Å²) in [6.45, 7) is 4.95. The van der Waals surface area contributed by atoms with E-state index < -0.39 is 5.97 Å². The highest BCUT2D eigenvalue weighted by Crippen LogP contribution is 2.39. The van der Waals surface area contributed by atoms with Crippen molar-refractivity contribution in [2.24, 2.45) is 0 Å². The van der Waals surface area contributed by atoms with Gasteiger partial charge in [0.15, 0.2) is 5.78 Å². The van der Waals surface area contributed by atoms with E-state index in [9.17, 15) is 9.59 Å². The molecule has 0 aliphatic carbocycles. The van der Waals surface area contributed by atoms with E-state index in [0.29, 0.717) is 0 Å². The van der Waals surface area contributed by atoms with Gasteiger partial charge in [0.2, 0.25) is 0 Å². The molecule has 84 valence electrons. The van der Waals surface area contributed by atoms with E-state index in [-0.39, 0.29) is 17.5 Å². The zero-order valence-corrected chi connectivity index (χ0v) is 10.7. The molecule has 0 unspecified atom stereocenters. The van der Waals surface area contributed by atoms with Crippen LogP contribution in [0.4, 0.5) is 0 Å². The third kappa shape index (κ3) is 3.57. The molecule has 0 radical (unpaired) electrons. The monoisotopic (exact) mass is 246 g/mol. The SMILES string of the molecule is CC(=O)C(C(=O)OC(C)C)=C1SCCS1. The Labute approximate surface area is 98.0 Å². The molecule has 1 aliphatic heterocycles. The largest absolute Gasteiger partial charge is 0.459 e. The Morgan fingerprint density at radius 3 is 2.20 bits per heavy atom. The lowest BCUT2D eigenvalue weighted by Crippen LogP contribution is -2.18. The second kappa shape index (κ2) is 5.61. The van der Waals surface area contributed by atoms with Crippen LogP contribution < -0.4 is 0 Å². The van der Waals surface area contributed by atoms with Crippen molar-refractivity contribution in [3.63, 3.8) is 0 Å². The molecule has 0 atom stereocenters. The molecule has 1 fully saturated rings. The summed E-state index contributed by atoms with van der Waals surface area (Å²) in [4.78, 5) is 23.0. The van der Waals surface area contributed by atoms with Gasteiger partial charge in [-0.2, -0.15) is 0 Å². The molecule has 0 amide bonds. The van der Waals surface area contributed by atoms with Crippen molar-refractivity contribution in [1.82, 2.24) is 0 Å². The molecule has 0 aromatic rings. The van der Waals surface area contributed by atoms with Gasteiger partial charge in [0.25, 0.3) is 0 Å². The van der Waals surface area contributed by atoms with E-state index in [1.165, 1.54) is 6.92 Å². The van der Waals surface area contributed by atoms with Gasteiger partial charge in [-0.05, 0) is 20.8 Å². The van der Waals surface area contributed by atoms with E-state index in [1.807, 2.05) is 0 Å². The Kier molecular flexibility index (Phi) is 4.73. The zero-order valence-electron chi connectivity index (χ0n) is 9.03. The van der Waals surface area contributed by atoms with E-state index in [0.717, 1.165) is 15.7 Å². The maximum absolute atomic E-state index is 11.7. The number of esters is 1. The highest BCUT2D eigenvalue weighted by Gasteiger charge is 2.25. The lowest BCUT2D eigenvalue weighted by atomic mass is 10.2. The molecule has 3 nitrogen and oxygen atoms in total. The number of rotatable bonds is 3. The topological polar surface area (TPSA) is 43.4 Å². The molecule has 1 rings (SSSR count). The predicted octanol–water partition coefficient (Wildman–Crippen LogP) is 2.22. The van der Waals surface area contributed by atoms with E-state index >= 15 is 0 Å². The van der Waals surface area contributed by atoms with Gasteiger partial charge in [-0.1, -0.05) is 0 Å². The number of Topliss-reactive ketones (excluding diaryl/α,β-unsaturated/α-hetero) is 1. The van der Waals surface area contributed by atoms with Crippen molar-refractivity contribution in [2.45, 2.75) is 26.9 Å². The molecule has 0 spiro atoms. The van der Waals surface area contributed by atoms with Gasteiger partial charge in [0.05, 0.1) is 10.3 Å². The van der Waals surface area contributed by atoms with Crippen molar-refractivity contribution >= 4 is 35.3 Å². The number of ether oxygens (including phenoxy) is 1. The Morgan fingerprint density at radius 2 is 1.80 bits per heavy atom. The van der Waals surface area contributed by atoms with Crippen molar-refractivity contribution in [1.29, 1.82) is 0 Å². The first-order chi connectivity index (χ1) is 7.02. The van der Waals surface area contributed by atoms with Crippen molar-refractivity contribution in [2.75, 3.05) is 11.5 Å². The number of thioether (sulfide) groups is 2. The molecule has 15 heavy (non-hydrogen) atoms. The molecule has 0 bridgehead atoms. The minimum atomic E-state index is -0.491. The lowest BCUT2D eigenvalue weighted by molar-refractivity contribution is -0.143. The van der Waals surface area contributed by atoms with Gasteiger partial charge in [-0.3, -0.25) is 4.79 Å². The Bertz CT molecular complexity index is 300. The summed E-state index contributed by atoms with van der Waals surface area (Å²) in [5, 5.41) is 0. The fraction of sp³-hybridized carbons (Fsp3) is 0.600. The molecular formula is C10H14O3S2. The fourth-order valence-corrected chi connectivity index (χ4v) is 3.71. The van der Waals surface area contributed by atoms with Gasteiger partial charge in [0.1, 0.15) is 5.57 Å². The number of hydrogen-bond acceptors (Lipinski definition) is 5. The van der Waals surface area contributed by atoms with Crippen LogP contribution in [-0.4, -0.2) is 29.4 Å². The molecule has 5 heteroatoms. The molecular weight excluding hydrogens is 232 g/mol. The van der Waals surface area contributed by atoms with E-state index in [4.69, 9.17) is 4.74 Å². The molecule has 0 aromatic heterocycles. The lowest BCUT2D eigenvalue weighted by Gasteiger charge is -2.10. The van der Waals surface area contributed by atoms with Crippen LogP contribution in [0.3, 0.4) is 0 Å². The van der Waals surface area contributed by atoms with Crippen LogP contribution in [0.15, 0.2) is 9.81 Å². The standard InChI is InChI=1S/C10H14O3S2/c1-6(2)13-9(12)8(7(3)11)10-14-4-5-15-10/h6H,4-5H2,1-3H3. The first kappa shape index (κ1) is 12.6. The Hall–Kier alpha value is -0.420. The number of carbonyl (C=O) groups is 2. The fourth-order valence-electron chi connectivity index (χ4n) is 1.10. The Morgan fingerprint density at radius 1 is 1.27 bits per heavy atom. The second-order valence-electron chi connectivity index (χ2n) is 3.37. The highest BCUT2D eigenvalue weighted by molar-refractivity contribution is 8.25. The minimum absolute atomic E-state index is 0.191. The summed E-state index contributed by atoms with van der Waals surface area (Å²) >= 11 is 3.11. The molecule has 1 saturated heterocycles. The van der Waals surface area contributed by atoms with Gasteiger partial charge < -0.3 is 4.74 Å². The summed E-state index contributed by atoms with van der Waals surface area (Å²) in [7, 11) is 0. The average Bonchev–Trinajstić information content (AvgIpc) is 2.54. The quantitative estimate of drug-likeness (QED) is 0.330. The van der Waals surface area contributed by atoms with Crippen LogP contribution in [0.2, 0.25) is 0 Å².